The second-order valence-corrected chi connectivity index (χ2v) is 4.73. The third-order valence-electron chi connectivity index (χ3n) is 2.69. The first-order valence-electron chi connectivity index (χ1n) is 5.37. The molecule has 0 aromatic heterocycles. The lowest BCUT2D eigenvalue weighted by molar-refractivity contribution is -0.118. The van der Waals surface area contributed by atoms with Crippen molar-refractivity contribution in [1.82, 2.24) is 0 Å². The Labute approximate surface area is 105 Å². The maximum absolute atomic E-state index is 11.8. The van der Waals surface area contributed by atoms with Crippen LogP contribution in [0.1, 0.15) is 20.3 Å². The van der Waals surface area contributed by atoms with Gasteiger partial charge in [-0.05, 0) is 34.0 Å². The van der Waals surface area contributed by atoms with Gasteiger partial charge in [0.2, 0.25) is 5.91 Å². The van der Waals surface area contributed by atoms with E-state index in [1.807, 2.05) is 38.1 Å². The van der Waals surface area contributed by atoms with Gasteiger partial charge in [0.25, 0.3) is 0 Å². The number of nitrogens with two attached hydrogens (primary N) is 1. The number of anilines is 1. The first-order chi connectivity index (χ1) is 7.56. The molecule has 0 aliphatic carbocycles. The molecule has 0 radical (unpaired) electrons. The molecule has 1 aromatic rings. The van der Waals surface area contributed by atoms with E-state index in [9.17, 15) is 4.79 Å². The molecule has 16 heavy (non-hydrogen) atoms. The average Bonchev–Trinajstić information content (AvgIpc) is 2.30. The number of hydrogen-bond acceptors (Lipinski definition) is 2. The molecule has 0 spiro atoms. The van der Waals surface area contributed by atoms with Gasteiger partial charge >= 0.3 is 0 Å². The van der Waals surface area contributed by atoms with Crippen molar-refractivity contribution in [3.63, 3.8) is 0 Å². The monoisotopic (exact) mass is 284 g/mol. The van der Waals surface area contributed by atoms with E-state index in [0.29, 0.717) is 0 Å². The van der Waals surface area contributed by atoms with Crippen LogP contribution in [-0.2, 0) is 4.79 Å². The number of carbonyl (C=O) groups is 1. The van der Waals surface area contributed by atoms with Crippen molar-refractivity contribution in [2.75, 3.05) is 5.32 Å². The second-order valence-electron chi connectivity index (χ2n) is 3.88. The largest absolute Gasteiger partial charge is 0.324 e. The Bertz CT molecular complexity index is 368. The molecule has 0 heterocycles. The van der Waals surface area contributed by atoms with Gasteiger partial charge in [-0.3, -0.25) is 4.79 Å². The highest BCUT2D eigenvalue weighted by molar-refractivity contribution is 9.10. The molecule has 0 bridgehead atoms. The predicted molar refractivity (Wildman–Crippen MR) is 70.2 cm³/mol. The third kappa shape index (κ3) is 3.32. The van der Waals surface area contributed by atoms with E-state index < -0.39 is 6.04 Å². The summed E-state index contributed by atoms with van der Waals surface area (Å²) in [4.78, 5) is 11.8. The Morgan fingerprint density at radius 2 is 2.12 bits per heavy atom. The van der Waals surface area contributed by atoms with Crippen LogP contribution in [0.15, 0.2) is 28.7 Å². The van der Waals surface area contributed by atoms with E-state index in [1.54, 1.807) is 0 Å². The Hall–Kier alpha value is -0.870. The molecule has 3 N–H and O–H groups in total. The van der Waals surface area contributed by atoms with E-state index in [-0.39, 0.29) is 11.8 Å². The van der Waals surface area contributed by atoms with E-state index in [1.165, 1.54) is 0 Å². The van der Waals surface area contributed by atoms with Crippen molar-refractivity contribution >= 4 is 27.5 Å². The molecule has 1 rings (SSSR count). The van der Waals surface area contributed by atoms with Gasteiger partial charge in [-0.1, -0.05) is 32.4 Å². The quantitative estimate of drug-likeness (QED) is 0.893. The minimum absolute atomic E-state index is 0.138. The smallest absolute Gasteiger partial charge is 0.241 e. The van der Waals surface area contributed by atoms with Gasteiger partial charge in [0, 0.05) is 4.47 Å². The van der Waals surface area contributed by atoms with Crippen LogP contribution in [0.4, 0.5) is 5.69 Å². The number of halogens is 1. The molecular formula is C12H17BrN2O. The minimum Gasteiger partial charge on any atom is -0.324 e. The highest BCUT2D eigenvalue weighted by Crippen LogP contribution is 2.21. The second kappa shape index (κ2) is 6.01. The predicted octanol–water partition coefficient (Wildman–Crippen LogP) is 2.76. The van der Waals surface area contributed by atoms with Crippen LogP contribution in [0.2, 0.25) is 0 Å². The van der Waals surface area contributed by atoms with Gasteiger partial charge in [0.15, 0.2) is 0 Å². The summed E-state index contributed by atoms with van der Waals surface area (Å²) in [7, 11) is 0. The van der Waals surface area contributed by atoms with Crippen molar-refractivity contribution in [2.24, 2.45) is 11.7 Å². The summed E-state index contributed by atoms with van der Waals surface area (Å²) in [6, 6.07) is 7.02. The fraction of sp³-hybridized carbons (Fsp3) is 0.417. The molecule has 2 atom stereocenters. The van der Waals surface area contributed by atoms with E-state index >= 15 is 0 Å². The number of rotatable bonds is 4. The van der Waals surface area contributed by atoms with E-state index in [2.05, 4.69) is 21.2 Å². The van der Waals surface area contributed by atoms with Crippen molar-refractivity contribution in [1.29, 1.82) is 0 Å². The molecular weight excluding hydrogens is 268 g/mol. The van der Waals surface area contributed by atoms with Crippen LogP contribution in [0, 0.1) is 5.92 Å². The van der Waals surface area contributed by atoms with Gasteiger partial charge in [0.05, 0.1) is 11.7 Å². The lowest BCUT2D eigenvalue weighted by Crippen LogP contribution is -2.40. The number of amides is 1. The maximum atomic E-state index is 11.8. The van der Waals surface area contributed by atoms with Crippen LogP contribution in [-0.4, -0.2) is 11.9 Å². The maximum Gasteiger partial charge on any atom is 0.241 e. The van der Waals surface area contributed by atoms with Crippen molar-refractivity contribution in [3.05, 3.63) is 28.7 Å². The summed E-state index contributed by atoms with van der Waals surface area (Å²) in [6.45, 7) is 4.00. The van der Waals surface area contributed by atoms with Crippen LogP contribution >= 0.6 is 15.9 Å². The summed E-state index contributed by atoms with van der Waals surface area (Å²) < 4.78 is 0.861. The third-order valence-corrected chi connectivity index (χ3v) is 3.38. The molecule has 0 saturated carbocycles. The topological polar surface area (TPSA) is 55.1 Å². The number of benzene rings is 1. The fourth-order valence-electron chi connectivity index (χ4n) is 1.29. The zero-order chi connectivity index (χ0) is 12.1. The van der Waals surface area contributed by atoms with Crippen molar-refractivity contribution in [2.45, 2.75) is 26.3 Å². The molecule has 3 nitrogen and oxygen atoms in total. The Morgan fingerprint density at radius 3 is 2.69 bits per heavy atom. The molecule has 4 heteroatoms. The zero-order valence-electron chi connectivity index (χ0n) is 9.53. The first-order valence-corrected chi connectivity index (χ1v) is 6.16. The lowest BCUT2D eigenvalue weighted by Gasteiger charge is -2.18. The van der Waals surface area contributed by atoms with Crippen molar-refractivity contribution < 1.29 is 4.79 Å². The van der Waals surface area contributed by atoms with Crippen molar-refractivity contribution in [3.8, 4) is 0 Å². The molecule has 0 saturated heterocycles. The molecule has 1 amide bonds. The van der Waals surface area contributed by atoms with Gasteiger partial charge < -0.3 is 11.1 Å². The summed E-state index contributed by atoms with van der Waals surface area (Å²) in [5, 5.41) is 2.81. The average molecular weight is 285 g/mol. The van der Waals surface area contributed by atoms with Gasteiger partial charge in [-0.2, -0.15) is 0 Å². The van der Waals surface area contributed by atoms with Crippen LogP contribution in [0.25, 0.3) is 0 Å². The molecule has 1 aromatic carbocycles. The summed E-state index contributed by atoms with van der Waals surface area (Å²) in [5.41, 5.74) is 6.60. The Balaban J connectivity index is 2.68. The highest BCUT2D eigenvalue weighted by atomic mass is 79.9. The van der Waals surface area contributed by atoms with E-state index in [4.69, 9.17) is 5.73 Å². The molecule has 88 valence electrons. The van der Waals surface area contributed by atoms with E-state index in [0.717, 1.165) is 16.6 Å². The summed E-state index contributed by atoms with van der Waals surface area (Å²) >= 11 is 3.37. The van der Waals surface area contributed by atoms with Gasteiger partial charge in [-0.15, -0.1) is 0 Å². The number of para-hydroxylation sites is 1. The van der Waals surface area contributed by atoms with Gasteiger partial charge in [-0.25, -0.2) is 0 Å². The minimum atomic E-state index is -0.461. The molecule has 0 aliphatic rings. The number of hydrogen-bond donors (Lipinski definition) is 2. The molecule has 0 aliphatic heterocycles. The number of nitrogens with one attached hydrogen (secondary N) is 1. The molecule has 0 unspecified atom stereocenters. The molecule has 0 fully saturated rings. The standard InChI is InChI=1S/C12H17BrN2O/c1-3-8(2)11(14)12(16)15-10-7-5-4-6-9(10)13/h4-8,11H,3,14H2,1-2H3,(H,15,16)/t8-,11-/m0/s1. The SMILES string of the molecule is CC[C@H](C)[C@H](N)C(=O)Nc1ccccc1Br. The van der Waals surface area contributed by atoms with Gasteiger partial charge in [0.1, 0.15) is 0 Å². The summed E-state index contributed by atoms with van der Waals surface area (Å²) in [6.07, 6.45) is 0.893. The van der Waals surface area contributed by atoms with Crippen LogP contribution in [0.3, 0.4) is 0 Å². The number of carbonyl (C=O) groups excluding carboxylic acids is 1. The van der Waals surface area contributed by atoms with Crippen LogP contribution < -0.4 is 11.1 Å². The normalized spacial score (nSPS) is 14.2. The zero-order valence-corrected chi connectivity index (χ0v) is 11.1. The summed E-state index contributed by atoms with van der Waals surface area (Å²) in [5.74, 6) is 0.0451. The Kier molecular flexibility index (Phi) is 4.96. The lowest BCUT2D eigenvalue weighted by atomic mass is 9.99. The Morgan fingerprint density at radius 1 is 1.50 bits per heavy atom. The van der Waals surface area contributed by atoms with Crippen LogP contribution in [0.5, 0.6) is 0 Å². The first kappa shape index (κ1) is 13.2. The fourth-order valence-corrected chi connectivity index (χ4v) is 1.67. The highest BCUT2D eigenvalue weighted by Gasteiger charge is 2.19.